The topological polar surface area (TPSA) is 78.8 Å². The highest BCUT2D eigenvalue weighted by Crippen LogP contribution is 2.10. The second-order valence-electron chi connectivity index (χ2n) is 4.38. The van der Waals surface area contributed by atoms with Gasteiger partial charge in [-0.25, -0.2) is 0 Å². The smallest absolute Gasteiger partial charge is 0.307 e. The van der Waals surface area contributed by atoms with Crippen LogP contribution in [0.3, 0.4) is 0 Å². The molecule has 5 nitrogen and oxygen atoms in total. The fourth-order valence-corrected chi connectivity index (χ4v) is 1.92. The van der Waals surface area contributed by atoms with Crippen LogP contribution in [-0.2, 0) is 22.5 Å². The van der Waals surface area contributed by atoms with Gasteiger partial charge in [-0.05, 0) is 17.5 Å². The molecule has 1 rings (SSSR count). The van der Waals surface area contributed by atoms with Gasteiger partial charge in [0.05, 0.1) is 13.0 Å². The molecule has 3 N–H and O–H groups in total. The van der Waals surface area contributed by atoms with Crippen molar-refractivity contribution in [1.29, 1.82) is 0 Å². The van der Waals surface area contributed by atoms with Gasteiger partial charge in [-0.2, -0.15) is 0 Å². The molecule has 19 heavy (non-hydrogen) atoms. The van der Waals surface area contributed by atoms with Crippen LogP contribution >= 0.6 is 0 Å². The predicted molar refractivity (Wildman–Crippen MR) is 72.0 cm³/mol. The van der Waals surface area contributed by atoms with Gasteiger partial charge in [-0.15, -0.1) is 0 Å². The van der Waals surface area contributed by atoms with Crippen molar-refractivity contribution >= 4 is 5.97 Å². The van der Waals surface area contributed by atoms with Gasteiger partial charge < -0.3 is 20.3 Å². The van der Waals surface area contributed by atoms with Crippen molar-refractivity contribution in [2.75, 3.05) is 20.3 Å². The van der Waals surface area contributed by atoms with Crippen LogP contribution < -0.4 is 5.32 Å². The van der Waals surface area contributed by atoms with Gasteiger partial charge in [0.2, 0.25) is 0 Å². The Morgan fingerprint density at radius 3 is 2.63 bits per heavy atom. The minimum Gasteiger partial charge on any atom is -0.481 e. The Balaban J connectivity index is 2.62. The van der Waals surface area contributed by atoms with Crippen molar-refractivity contribution in [3.63, 3.8) is 0 Å². The molecule has 0 saturated carbocycles. The molecule has 0 radical (unpaired) electrons. The Bertz CT molecular complexity index is 389. The molecule has 0 aliphatic rings. The van der Waals surface area contributed by atoms with Crippen LogP contribution in [0.25, 0.3) is 0 Å². The van der Waals surface area contributed by atoms with Crippen molar-refractivity contribution in [2.24, 2.45) is 0 Å². The lowest BCUT2D eigenvalue weighted by atomic mass is 10.0. The number of benzene rings is 1. The molecule has 1 atom stereocenters. The number of aliphatic carboxylic acids is 1. The van der Waals surface area contributed by atoms with Crippen LogP contribution in [0.2, 0.25) is 0 Å². The summed E-state index contributed by atoms with van der Waals surface area (Å²) in [5.41, 5.74) is 1.77. The lowest BCUT2D eigenvalue weighted by Gasteiger charge is -2.18. The van der Waals surface area contributed by atoms with E-state index in [0.29, 0.717) is 19.6 Å². The number of hydrogen-bond acceptors (Lipinski definition) is 4. The van der Waals surface area contributed by atoms with Crippen LogP contribution in [0, 0.1) is 0 Å². The van der Waals surface area contributed by atoms with Gasteiger partial charge in [0.25, 0.3) is 0 Å². The fraction of sp³-hybridized carbons (Fsp3) is 0.500. The second-order valence-corrected chi connectivity index (χ2v) is 4.38. The van der Waals surface area contributed by atoms with E-state index in [4.69, 9.17) is 14.9 Å². The van der Waals surface area contributed by atoms with E-state index in [2.05, 4.69) is 5.32 Å². The van der Waals surface area contributed by atoms with E-state index in [1.54, 1.807) is 7.11 Å². The molecule has 0 amide bonds. The molecule has 0 saturated heterocycles. The zero-order chi connectivity index (χ0) is 14.1. The molecule has 1 aromatic rings. The average Bonchev–Trinajstić information content (AvgIpc) is 2.37. The highest BCUT2D eigenvalue weighted by atomic mass is 16.5. The first-order valence-corrected chi connectivity index (χ1v) is 6.29. The van der Waals surface area contributed by atoms with Crippen LogP contribution in [-0.4, -0.2) is 42.5 Å². The second kappa shape index (κ2) is 8.63. The van der Waals surface area contributed by atoms with E-state index in [1.807, 2.05) is 24.3 Å². The van der Waals surface area contributed by atoms with Crippen LogP contribution in [0.4, 0.5) is 0 Å². The first kappa shape index (κ1) is 15.6. The quantitative estimate of drug-likeness (QED) is 0.617. The van der Waals surface area contributed by atoms with Gasteiger partial charge >= 0.3 is 5.97 Å². The molecule has 0 aliphatic carbocycles. The third kappa shape index (κ3) is 5.83. The normalized spacial score (nSPS) is 12.3. The number of methoxy groups -OCH3 is 1. The van der Waals surface area contributed by atoms with E-state index in [9.17, 15) is 4.79 Å². The molecule has 1 aromatic carbocycles. The number of aliphatic hydroxyl groups excluding tert-OH is 1. The SMILES string of the molecule is COCC(CCO)NCc1ccccc1CC(=O)O. The minimum atomic E-state index is -0.837. The largest absolute Gasteiger partial charge is 0.481 e. The maximum absolute atomic E-state index is 10.8. The monoisotopic (exact) mass is 267 g/mol. The van der Waals surface area contributed by atoms with Crippen molar-refractivity contribution in [3.8, 4) is 0 Å². The van der Waals surface area contributed by atoms with Gasteiger partial charge in [0.15, 0.2) is 0 Å². The Hall–Kier alpha value is -1.43. The van der Waals surface area contributed by atoms with Gasteiger partial charge in [-0.3, -0.25) is 4.79 Å². The number of carboxylic acids is 1. The summed E-state index contributed by atoms with van der Waals surface area (Å²) >= 11 is 0. The summed E-state index contributed by atoms with van der Waals surface area (Å²) in [4.78, 5) is 10.8. The summed E-state index contributed by atoms with van der Waals surface area (Å²) < 4.78 is 5.07. The molecule has 1 unspecified atom stereocenters. The molecule has 0 heterocycles. The molecule has 0 aromatic heterocycles. The molecule has 0 spiro atoms. The summed E-state index contributed by atoms with van der Waals surface area (Å²) in [5.74, 6) is -0.837. The van der Waals surface area contributed by atoms with Crippen LogP contribution in [0.1, 0.15) is 17.5 Å². The predicted octanol–water partition coefficient (Wildman–Crippen LogP) is 0.801. The Morgan fingerprint density at radius 1 is 1.37 bits per heavy atom. The van der Waals surface area contributed by atoms with Crippen molar-refractivity contribution < 1.29 is 19.7 Å². The highest BCUT2D eigenvalue weighted by molar-refractivity contribution is 5.70. The van der Waals surface area contributed by atoms with Crippen molar-refractivity contribution in [2.45, 2.75) is 25.4 Å². The molecule has 0 fully saturated rings. The molecular formula is C14H21NO4. The van der Waals surface area contributed by atoms with Crippen LogP contribution in [0.5, 0.6) is 0 Å². The number of aliphatic hydroxyl groups is 1. The third-order valence-electron chi connectivity index (χ3n) is 2.89. The minimum absolute atomic E-state index is 0.0206. The maximum Gasteiger partial charge on any atom is 0.307 e. The summed E-state index contributed by atoms with van der Waals surface area (Å²) in [6.45, 7) is 1.18. The average molecular weight is 267 g/mol. The van der Waals surface area contributed by atoms with E-state index in [-0.39, 0.29) is 19.1 Å². The lowest BCUT2D eigenvalue weighted by molar-refractivity contribution is -0.136. The molecule has 106 valence electrons. The summed E-state index contributed by atoms with van der Waals surface area (Å²) in [6, 6.07) is 7.52. The summed E-state index contributed by atoms with van der Waals surface area (Å²) in [5, 5.41) is 21.1. The van der Waals surface area contributed by atoms with Gasteiger partial charge in [0, 0.05) is 26.3 Å². The third-order valence-corrected chi connectivity index (χ3v) is 2.89. The van der Waals surface area contributed by atoms with E-state index in [1.165, 1.54) is 0 Å². The maximum atomic E-state index is 10.8. The molecule has 5 heteroatoms. The van der Waals surface area contributed by atoms with E-state index in [0.717, 1.165) is 11.1 Å². The number of rotatable bonds is 9. The highest BCUT2D eigenvalue weighted by Gasteiger charge is 2.10. The van der Waals surface area contributed by atoms with Crippen LogP contribution in [0.15, 0.2) is 24.3 Å². The lowest BCUT2D eigenvalue weighted by Crippen LogP contribution is -2.34. The Morgan fingerprint density at radius 2 is 2.05 bits per heavy atom. The Kier molecular flexibility index (Phi) is 7.10. The first-order chi connectivity index (χ1) is 9.17. The number of carboxylic acid groups (broad SMARTS) is 1. The Labute approximate surface area is 113 Å². The molecule has 0 bridgehead atoms. The van der Waals surface area contributed by atoms with Crippen molar-refractivity contribution in [1.82, 2.24) is 5.32 Å². The van der Waals surface area contributed by atoms with Gasteiger partial charge in [-0.1, -0.05) is 24.3 Å². The van der Waals surface area contributed by atoms with E-state index < -0.39 is 5.97 Å². The first-order valence-electron chi connectivity index (χ1n) is 6.29. The van der Waals surface area contributed by atoms with E-state index >= 15 is 0 Å². The van der Waals surface area contributed by atoms with Crippen molar-refractivity contribution in [3.05, 3.63) is 35.4 Å². The zero-order valence-corrected chi connectivity index (χ0v) is 11.1. The number of nitrogens with one attached hydrogen (secondary N) is 1. The number of carbonyl (C=O) groups is 1. The fourth-order valence-electron chi connectivity index (χ4n) is 1.92. The summed E-state index contributed by atoms with van der Waals surface area (Å²) in [6.07, 6.45) is 0.627. The van der Waals surface area contributed by atoms with Gasteiger partial charge in [0.1, 0.15) is 0 Å². The molecular weight excluding hydrogens is 246 g/mol. The summed E-state index contributed by atoms with van der Waals surface area (Å²) in [7, 11) is 1.62. The number of ether oxygens (including phenoxy) is 1. The standard InChI is InChI=1S/C14H21NO4/c1-19-10-13(6-7-16)15-9-12-5-3-2-4-11(12)8-14(17)18/h2-5,13,15-16H,6-10H2,1H3,(H,17,18). The number of hydrogen-bond donors (Lipinski definition) is 3. The zero-order valence-electron chi connectivity index (χ0n) is 11.1. The molecule has 0 aliphatic heterocycles.